The van der Waals surface area contributed by atoms with E-state index in [2.05, 4.69) is 10.9 Å². The van der Waals surface area contributed by atoms with Crippen LogP contribution in [0, 0.1) is 0 Å². The minimum Gasteiger partial charge on any atom is -0.497 e. The Hall–Kier alpha value is -1.22. The minimum atomic E-state index is 0.852. The molecule has 1 aromatic carbocycles. The Labute approximate surface area is 66.3 Å². The Balaban J connectivity index is 2.74. The second kappa shape index (κ2) is 3.83. The zero-order valence-electron chi connectivity index (χ0n) is 6.72. The van der Waals surface area contributed by atoms with Crippen LogP contribution in [0.15, 0.2) is 24.3 Å². The summed E-state index contributed by atoms with van der Waals surface area (Å²) in [4.78, 5) is 0. The lowest BCUT2D eigenvalue weighted by molar-refractivity contribution is 0.415. The van der Waals surface area contributed by atoms with Crippen LogP contribution in [0.3, 0.4) is 0 Å². The maximum atomic E-state index is 5.03. The Morgan fingerprint density at radius 3 is 2.82 bits per heavy atom. The third-order valence-corrected chi connectivity index (χ3v) is 1.34. The molecule has 3 nitrogen and oxygen atoms in total. The lowest BCUT2D eigenvalue weighted by Crippen LogP contribution is -2.14. The van der Waals surface area contributed by atoms with E-state index < -0.39 is 0 Å². The number of nitrogens with one attached hydrogen (secondary N) is 2. The topological polar surface area (TPSA) is 33.3 Å². The molecule has 0 saturated carbocycles. The van der Waals surface area contributed by atoms with Gasteiger partial charge in [-0.05, 0) is 12.1 Å². The number of benzene rings is 1. The average molecular weight is 152 g/mol. The van der Waals surface area contributed by atoms with Gasteiger partial charge < -0.3 is 10.2 Å². The first-order valence-corrected chi connectivity index (χ1v) is 3.43. The summed E-state index contributed by atoms with van der Waals surface area (Å²) < 4.78 is 5.03. The summed E-state index contributed by atoms with van der Waals surface area (Å²) >= 11 is 0. The third-order valence-electron chi connectivity index (χ3n) is 1.34. The molecule has 60 valence electrons. The second-order valence-corrected chi connectivity index (χ2v) is 2.11. The van der Waals surface area contributed by atoms with Crippen molar-refractivity contribution in [2.24, 2.45) is 0 Å². The summed E-state index contributed by atoms with van der Waals surface area (Å²) in [7, 11) is 3.47. The fourth-order valence-corrected chi connectivity index (χ4v) is 0.845. The van der Waals surface area contributed by atoms with Crippen LogP contribution in [-0.4, -0.2) is 14.2 Å². The van der Waals surface area contributed by atoms with E-state index in [0.717, 1.165) is 11.4 Å². The number of hydrazine groups is 1. The van der Waals surface area contributed by atoms with E-state index in [1.54, 1.807) is 7.11 Å². The largest absolute Gasteiger partial charge is 0.497 e. The lowest BCUT2D eigenvalue weighted by atomic mass is 10.3. The molecular weight excluding hydrogens is 140 g/mol. The molecule has 0 atom stereocenters. The van der Waals surface area contributed by atoms with Crippen LogP contribution >= 0.6 is 0 Å². The van der Waals surface area contributed by atoms with E-state index in [4.69, 9.17) is 4.74 Å². The van der Waals surface area contributed by atoms with E-state index in [-0.39, 0.29) is 0 Å². The zero-order chi connectivity index (χ0) is 8.10. The van der Waals surface area contributed by atoms with Gasteiger partial charge in [0.2, 0.25) is 0 Å². The molecule has 0 bridgehead atoms. The van der Waals surface area contributed by atoms with Crippen molar-refractivity contribution in [3.8, 4) is 5.75 Å². The van der Waals surface area contributed by atoms with Crippen molar-refractivity contribution in [3.63, 3.8) is 0 Å². The Morgan fingerprint density at radius 1 is 1.36 bits per heavy atom. The molecule has 11 heavy (non-hydrogen) atoms. The van der Waals surface area contributed by atoms with E-state index in [9.17, 15) is 0 Å². The van der Waals surface area contributed by atoms with Crippen molar-refractivity contribution < 1.29 is 4.74 Å². The SMILES string of the molecule is CNNc1cccc(OC)c1. The summed E-state index contributed by atoms with van der Waals surface area (Å²) in [6, 6.07) is 7.70. The highest BCUT2D eigenvalue weighted by atomic mass is 16.5. The van der Waals surface area contributed by atoms with Crippen molar-refractivity contribution >= 4 is 5.69 Å². The normalized spacial score (nSPS) is 9.27. The average Bonchev–Trinajstić information content (AvgIpc) is 2.06. The maximum absolute atomic E-state index is 5.03. The molecule has 2 N–H and O–H groups in total. The molecule has 0 aromatic heterocycles. The van der Waals surface area contributed by atoms with E-state index in [0.29, 0.717) is 0 Å². The van der Waals surface area contributed by atoms with Gasteiger partial charge in [0.1, 0.15) is 5.75 Å². The highest BCUT2D eigenvalue weighted by Crippen LogP contribution is 2.15. The predicted octanol–water partition coefficient (Wildman–Crippen LogP) is 1.24. The van der Waals surface area contributed by atoms with Crippen LogP contribution in [-0.2, 0) is 0 Å². The number of hydrogen-bond acceptors (Lipinski definition) is 3. The molecule has 3 heteroatoms. The molecule has 0 saturated heterocycles. The van der Waals surface area contributed by atoms with Crippen molar-refractivity contribution in [2.45, 2.75) is 0 Å². The van der Waals surface area contributed by atoms with Gasteiger partial charge in [-0.2, -0.15) is 0 Å². The molecule has 1 aromatic rings. The maximum Gasteiger partial charge on any atom is 0.120 e. The van der Waals surface area contributed by atoms with Gasteiger partial charge in [-0.25, -0.2) is 5.43 Å². The first-order valence-electron chi connectivity index (χ1n) is 3.43. The van der Waals surface area contributed by atoms with Gasteiger partial charge in [0.25, 0.3) is 0 Å². The monoisotopic (exact) mass is 152 g/mol. The highest BCUT2D eigenvalue weighted by Gasteiger charge is 1.91. The second-order valence-electron chi connectivity index (χ2n) is 2.11. The molecule has 0 heterocycles. The smallest absolute Gasteiger partial charge is 0.120 e. The molecule has 0 spiro atoms. The van der Waals surface area contributed by atoms with Crippen LogP contribution in [0.2, 0.25) is 0 Å². The van der Waals surface area contributed by atoms with Gasteiger partial charge in [0.15, 0.2) is 0 Å². The fraction of sp³-hybridized carbons (Fsp3) is 0.250. The van der Waals surface area contributed by atoms with Crippen LogP contribution < -0.4 is 15.6 Å². The summed E-state index contributed by atoms with van der Waals surface area (Å²) in [5, 5.41) is 0. The minimum absolute atomic E-state index is 0.852. The van der Waals surface area contributed by atoms with Crippen molar-refractivity contribution in [2.75, 3.05) is 19.6 Å². The molecule has 0 radical (unpaired) electrons. The number of anilines is 1. The van der Waals surface area contributed by atoms with E-state index in [1.807, 2.05) is 31.3 Å². The Bertz CT molecular complexity index is 225. The molecule has 0 aliphatic heterocycles. The van der Waals surface area contributed by atoms with Crippen molar-refractivity contribution in [1.29, 1.82) is 0 Å². The molecule has 0 aliphatic carbocycles. The molecule has 0 unspecified atom stereocenters. The number of ether oxygens (including phenoxy) is 1. The standard InChI is InChI=1S/C8H12N2O/c1-9-10-7-4-3-5-8(6-7)11-2/h3-6,9-10H,1-2H3. The van der Waals surface area contributed by atoms with E-state index in [1.165, 1.54) is 0 Å². The van der Waals surface area contributed by atoms with Crippen LogP contribution in [0.5, 0.6) is 5.75 Å². The van der Waals surface area contributed by atoms with Gasteiger partial charge >= 0.3 is 0 Å². The number of rotatable bonds is 3. The third kappa shape index (κ3) is 2.13. The number of hydrogen-bond donors (Lipinski definition) is 2. The van der Waals surface area contributed by atoms with Gasteiger partial charge in [-0.15, -0.1) is 0 Å². The zero-order valence-corrected chi connectivity index (χ0v) is 6.72. The van der Waals surface area contributed by atoms with E-state index >= 15 is 0 Å². The number of methoxy groups -OCH3 is 1. The quantitative estimate of drug-likeness (QED) is 0.639. The van der Waals surface area contributed by atoms with Gasteiger partial charge in [0.05, 0.1) is 12.8 Å². The Morgan fingerprint density at radius 2 is 2.18 bits per heavy atom. The first-order chi connectivity index (χ1) is 5.36. The molecule has 1 rings (SSSR count). The summed E-state index contributed by atoms with van der Waals surface area (Å²) in [6.07, 6.45) is 0. The summed E-state index contributed by atoms with van der Waals surface area (Å²) in [6.45, 7) is 0. The van der Waals surface area contributed by atoms with Crippen molar-refractivity contribution in [1.82, 2.24) is 5.43 Å². The summed E-state index contributed by atoms with van der Waals surface area (Å²) in [5.41, 5.74) is 6.77. The van der Waals surface area contributed by atoms with Crippen LogP contribution in [0.4, 0.5) is 5.69 Å². The highest BCUT2D eigenvalue weighted by molar-refractivity contribution is 5.47. The molecular formula is C8H12N2O. The Kier molecular flexibility index (Phi) is 2.74. The van der Waals surface area contributed by atoms with Gasteiger partial charge in [0, 0.05) is 13.1 Å². The summed E-state index contributed by atoms with van der Waals surface area (Å²) in [5.74, 6) is 0.852. The first kappa shape index (κ1) is 7.88. The lowest BCUT2D eigenvalue weighted by Gasteiger charge is -2.05. The van der Waals surface area contributed by atoms with Crippen molar-refractivity contribution in [3.05, 3.63) is 24.3 Å². The fourth-order valence-electron chi connectivity index (χ4n) is 0.845. The van der Waals surface area contributed by atoms with Gasteiger partial charge in [-0.3, -0.25) is 0 Å². The van der Waals surface area contributed by atoms with Crippen LogP contribution in [0.1, 0.15) is 0 Å². The van der Waals surface area contributed by atoms with Gasteiger partial charge in [-0.1, -0.05) is 6.07 Å². The molecule has 0 amide bonds. The predicted molar refractivity (Wildman–Crippen MR) is 45.7 cm³/mol. The van der Waals surface area contributed by atoms with Crippen LogP contribution in [0.25, 0.3) is 0 Å². The molecule has 0 aliphatic rings. The molecule has 0 fully saturated rings.